The lowest BCUT2D eigenvalue weighted by molar-refractivity contribution is 0.0997. The predicted molar refractivity (Wildman–Crippen MR) is 128 cm³/mol. The van der Waals surface area contributed by atoms with Crippen molar-refractivity contribution in [1.82, 2.24) is 8.87 Å². The third-order valence-corrected chi connectivity index (χ3v) is 8.81. The Kier molecular flexibility index (Phi) is 6.38. The lowest BCUT2D eigenvalue weighted by Gasteiger charge is -2.34. The van der Waals surface area contributed by atoms with E-state index in [1.807, 2.05) is 18.4 Å². The third kappa shape index (κ3) is 4.44. The number of hydrogen-bond donors (Lipinski definition) is 0. The summed E-state index contributed by atoms with van der Waals surface area (Å²) in [6.07, 6.45) is 1.04. The lowest BCUT2D eigenvalue weighted by atomic mass is 9.94. The first kappa shape index (κ1) is 22.9. The second kappa shape index (κ2) is 8.92. The average Bonchev–Trinajstić information content (AvgIpc) is 3.08. The second-order valence-corrected chi connectivity index (χ2v) is 11.8. The number of carbonyl (C=O) groups is 1. The number of rotatable bonds is 4. The van der Waals surface area contributed by atoms with Crippen LogP contribution >= 0.6 is 11.3 Å². The molecule has 1 saturated heterocycles. The van der Waals surface area contributed by atoms with E-state index < -0.39 is 10.0 Å². The molecule has 32 heavy (non-hydrogen) atoms. The molecule has 1 aromatic heterocycles. The molecule has 6 nitrogen and oxygen atoms in total. The quantitative estimate of drug-likeness (QED) is 0.565. The zero-order valence-electron chi connectivity index (χ0n) is 18.9. The highest BCUT2D eigenvalue weighted by molar-refractivity contribution is 7.89. The van der Waals surface area contributed by atoms with Crippen molar-refractivity contribution in [3.63, 3.8) is 0 Å². The van der Waals surface area contributed by atoms with E-state index in [0.717, 1.165) is 22.2 Å². The number of benzene rings is 2. The number of hydrogen-bond acceptors (Lipinski definition) is 4. The Bertz CT molecular complexity index is 1310. The van der Waals surface area contributed by atoms with E-state index in [9.17, 15) is 13.2 Å². The first-order chi connectivity index (χ1) is 15.2. The van der Waals surface area contributed by atoms with Gasteiger partial charge in [0, 0.05) is 25.2 Å². The highest BCUT2D eigenvalue weighted by Gasteiger charge is 2.31. The van der Waals surface area contributed by atoms with Gasteiger partial charge >= 0.3 is 0 Å². The van der Waals surface area contributed by atoms with Crippen molar-refractivity contribution in [2.75, 3.05) is 13.1 Å². The lowest BCUT2D eigenvalue weighted by Crippen LogP contribution is -2.42. The summed E-state index contributed by atoms with van der Waals surface area (Å²) in [5.41, 5.74) is 2.59. The zero-order chi connectivity index (χ0) is 23.0. The molecule has 2 heterocycles. The van der Waals surface area contributed by atoms with Crippen LogP contribution < -0.4 is 4.80 Å². The van der Waals surface area contributed by atoms with Gasteiger partial charge < -0.3 is 4.57 Å². The summed E-state index contributed by atoms with van der Waals surface area (Å²) in [4.78, 5) is 18.1. The Balaban J connectivity index is 1.62. The van der Waals surface area contributed by atoms with Crippen LogP contribution in [0.3, 0.4) is 0 Å². The number of piperidine rings is 1. The molecule has 1 aliphatic rings. The van der Waals surface area contributed by atoms with Crippen LogP contribution in [0.15, 0.2) is 52.4 Å². The maximum absolute atomic E-state index is 13.1. The van der Waals surface area contributed by atoms with Gasteiger partial charge in [0.15, 0.2) is 4.80 Å². The summed E-state index contributed by atoms with van der Waals surface area (Å²) in [5.74, 6) is 0.298. The van der Waals surface area contributed by atoms with Crippen LogP contribution in [-0.2, 0) is 16.6 Å². The number of aryl methyl sites for hydroxylation is 2. The minimum atomic E-state index is -3.57. The molecular weight excluding hydrogens is 442 g/mol. The second-order valence-electron chi connectivity index (χ2n) is 8.81. The largest absolute Gasteiger partial charge is 0.317 e. The maximum Gasteiger partial charge on any atom is 0.279 e. The van der Waals surface area contributed by atoms with Crippen molar-refractivity contribution in [3.8, 4) is 0 Å². The minimum Gasteiger partial charge on any atom is -0.317 e. The van der Waals surface area contributed by atoms with Crippen LogP contribution in [0.1, 0.15) is 43.1 Å². The fourth-order valence-corrected chi connectivity index (χ4v) is 7.31. The van der Waals surface area contributed by atoms with E-state index >= 15 is 0 Å². The van der Waals surface area contributed by atoms with Gasteiger partial charge in [-0.1, -0.05) is 31.3 Å². The first-order valence-corrected chi connectivity index (χ1v) is 13.2. The smallest absolute Gasteiger partial charge is 0.279 e. The van der Waals surface area contributed by atoms with Gasteiger partial charge in [0.25, 0.3) is 5.91 Å². The minimum absolute atomic E-state index is 0.219. The van der Waals surface area contributed by atoms with Crippen LogP contribution in [0.4, 0.5) is 0 Å². The number of aromatic nitrogens is 1. The van der Waals surface area contributed by atoms with Crippen molar-refractivity contribution in [2.24, 2.45) is 16.8 Å². The summed E-state index contributed by atoms with van der Waals surface area (Å²) >= 11 is 1.49. The highest BCUT2D eigenvalue weighted by atomic mass is 32.2. The molecule has 1 fully saturated rings. The van der Waals surface area contributed by atoms with Crippen LogP contribution in [-0.4, -0.2) is 36.3 Å². The predicted octanol–water partition coefficient (Wildman–Crippen LogP) is 4.44. The van der Waals surface area contributed by atoms with Crippen LogP contribution in [0.5, 0.6) is 0 Å². The molecule has 2 aromatic carbocycles. The molecule has 0 N–H and O–H groups in total. The van der Waals surface area contributed by atoms with E-state index in [4.69, 9.17) is 0 Å². The van der Waals surface area contributed by atoms with Gasteiger partial charge in [0.05, 0.1) is 15.1 Å². The standard InChI is InChI=1S/C24H29N3O3S2/c1-5-27-21-11-6-16(2)13-22(21)31-24(27)25-23(28)19-7-9-20(10-8-19)32(29,30)26-14-17(3)12-18(4)15-26/h6-11,13,17-18H,5,12,14-15H2,1-4H3. The van der Waals surface area contributed by atoms with E-state index in [1.165, 1.54) is 23.5 Å². The van der Waals surface area contributed by atoms with Gasteiger partial charge in [-0.25, -0.2) is 8.42 Å². The van der Waals surface area contributed by atoms with E-state index in [-0.39, 0.29) is 10.8 Å². The van der Waals surface area contributed by atoms with Gasteiger partial charge in [0.2, 0.25) is 10.0 Å². The monoisotopic (exact) mass is 471 g/mol. The van der Waals surface area contributed by atoms with Gasteiger partial charge in [-0.05, 0) is 74.1 Å². The molecule has 8 heteroatoms. The number of fused-ring (bicyclic) bond motifs is 1. The summed E-state index contributed by atoms with van der Waals surface area (Å²) in [7, 11) is -3.57. The third-order valence-electron chi connectivity index (χ3n) is 5.93. The maximum atomic E-state index is 13.1. The van der Waals surface area contributed by atoms with Crippen molar-refractivity contribution in [2.45, 2.75) is 45.6 Å². The van der Waals surface area contributed by atoms with Crippen molar-refractivity contribution in [3.05, 3.63) is 58.4 Å². The molecule has 2 atom stereocenters. The van der Waals surface area contributed by atoms with Crippen LogP contribution in [0.2, 0.25) is 0 Å². The number of thiazole rings is 1. The number of amides is 1. The summed E-state index contributed by atoms with van der Waals surface area (Å²) in [6.45, 7) is 10.0. The molecule has 2 unspecified atom stereocenters. The molecule has 170 valence electrons. The molecule has 1 aliphatic heterocycles. The van der Waals surface area contributed by atoms with Crippen molar-refractivity contribution >= 4 is 37.5 Å². The van der Waals surface area contributed by atoms with Gasteiger partial charge in [-0.15, -0.1) is 0 Å². The zero-order valence-corrected chi connectivity index (χ0v) is 20.5. The molecule has 0 aliphatic carbocycles. The Morgan fingerprint density at radius 3 is 2.38 bits per heavy atom. The van der Waals surface area contributed by atoms with Gasteiger partial charge in [-0.3, -0.25) is 4.79 Å². The SMILES string of the molecule is CCn1c(=NC(=O)c2ccc(S(=O)(=O)N3CC(C)CC(C)C3)cc2)sc2cc(C)ccc21. The molecule has 0 radical (unpaired) electrons. The Morgan fingerprint density at radius 2 is 1.75 bits per heavy atom. The number of carbonyl (C=O) groups excluding carboxylic acids is 1. The van der Waals surface area contributed by atoms with Crippen molar-refractivity contribution in [1.29, 1.82) is 0 Å². The summed E-state index contributed by atoms with van der Waals surface area (Å²) < 4.78 is 30.8. The molecule has 0 bridgehead atoms. The summed E-state index contributed by atoms with van der Waals surface area (Å²) in [5, 5.41) is 0. The Labute approximate surface area is 193 Å². The number of nitrogens with zero attached hydrogens (tertiary/aromatic N) is 3. The van der Waals surface area contributed by atoms with Crippen molar-refractivity contribution < 1.29 is 13.2 Å². The van der Waals surface area contributed by atoms with Gasteiger partial charge in [0.1, 0.15) is 0 Å². The number of sulfonamides is 1. The fraction of sp³-hybridized carbons (Fsp3) is 0.417. The van der Waals surface area contributed by atoms with Crippen LogP contribution in [0.25, 0.3) is 10.2 Å². The molecule has 0 saturated carbocycles. The van der Waals surface area contributed by atoms with Gasteiger partial charge in [-0.2, -0.15) is 9.30 Å². The van der Waals surface area contributed by atoms with E-state index in [0.29, 0.717) is 41.8 Å². The molecular formula is C24H29N3O3S2. The fourth-order valence-electron chi connectivity index (χ4n) is 4.44. The molecule has 3 aromatic rings. The summed E-state index contributed by atoms with van der Waals surface area (Å²) in [6, 6.07) is 12.4. The topological polar surface area (TPSA) is 71.7 Å². The first-order valence-electron chi connectivity index (χ1n) is 11.0. The Hall–Kier alpha value is -2.29. The normalized spacial score (nSPS) is 20.7. The highest BCUT2D eigenvalue weighted by Crippen LogP contribution is 2.27. The Morgan fingerprint density at radius 1 is 1.09 bits per heavy atom. The van der Waals surface area contributed by atoms with E-state index in [1.54, 1.807) is 16.4 Å². The molecule has 4 rings (SSSR count). The molecule has 1 amide bonds. The van der Waals surface area contributed by atoms with E-state index in [2.05, 4.69) is 37.0 Å². The average molecular weight is 472 g/mol. The van der Waals surface area contributed by atoms with Crippen LogP contribution in [0, 0.1) is 18.8 Å². The molecule has 0 spiro atoms.